The molecule has 0 amide bonds. The summed E-state index contributed by atoms with van der Waals surface area (Å²) < 4.78 is 5.20. The Morgan fingerprint density at radius 3 is 2.61 bits per heavy atom. The summed E-state index contributed by atoms with van der Waals surface area (Å²) >= 11 is 0. The van der Waals surface area contributed by atoms with Crippen LogP contribution in [0.25, 0.3) is 0 Å². The van der Waals surface area contributed by atoms with Crippen molar-refractivity contribution >= 4 is 0 Å². The van der Waals surface area contributed by atoms with E-state index in [-0.39, 0.29) is 6.04 Å². The lowest BCUT2D eigenvalue weighted by atomic mass is 10.0. The molecule has 1 aromatic carbocycles. The van der Waals surface area contributed by atoms with E-state index in [0.29, 0.717) is 11.8 Å². The molecule has 1 rings (SSSR count). The van der Waals surface area contributed by atoms with Crippen molar-refractivity contribution in [1.29, 1.82) is 0 Å². The fourth-order valence-electron chi connectivity index (χ4n) is 2.20. The number of methoxy groups -OCH3 is 1. The van der Waals surface area contributed by atoms with Crippen LogP contribution in [0.5, 0.6) is 11.5 Å². The molecule has 0 heterocycles. The Balaban J connectivity index is 2.78. The number of rotatable bonds is 7. The second-order valence-corrected chi connectivity index (χ2v) is 4.71. The SMILES string of the molecule is CCCC(CC)NC(C)c1cc(OC)ccc1O. The highest BCUT2D eigenvalue weighted by molar-refractivity contribution is 5.41. The summed E-state index contributed by atoms with van der Waals surface area (Å²) in [6.45, 7) is 6.45. The quantitative estimate of drug-likeness (QED) is 0.777. The Bertz CT molecular complexity index is 366. The molecule has 3 nitrogen and oxygen atoms in total. The van der Waals surface area contributed by atoms with Gasteiger partial charge in [-0.15, -0.1) is 0 Å². The van der Waals surface area contributed by atoms with Crippen molar-refractivity contribution in [3.63, 3.8) is 0 Å². The normalized spacial score (nSPS) is 14.2. The van der Waals surface area contributed by atoms with Crippen LogP contribution >= 0.6 is 0 Å². The number of aromatic hydroxyl groups is 1. The summed E-state index contributed by atoms with van der Waals surface area (Å²) in [6.07, 6.45) is 3.43. The number of phenols is 1. The average Bonchev–Trinajstić information content (AvgIpc) is 2.38. The first-order chi connectivity index (χ1) is 8.62. The molecule has 3 heteroatoms. The monoisotopic (exact) mass is 251 g/mol. The van der Waals surface area contributed by atoms with Gasteiger partial charge in [-0.3, -0.25) is 0 Å². The molecule has 1 aromatic rings. The topological polar surface area (TPSA) is 41.5 Å². The molecule has 0 aliphatic heterocycles. The lowest BCUT2D eigenvalue weighted by molar-refractivity contribution is 0.391. The lowest BCUT2D eigenvalue weighted by Crippen LogP contribution is -2.30. The molecule has 0 saturated heterocycles. The van der Waals surface area contributed by atoms with Gasteiger partial charge in [0.1, 0.15) is 11.5 Å². The standard InChI is InChI=1S/C15H25NO2/c1-5-7-12(6-2)16-11(3)14-10-13(18-4)8-9-15(14)17/h8-12,16-17H,5-7H2,1-4H3. The van der Waals surface area contributed by atoms with Crippen LogP contribution in [-0.2, 0) is 0 Å². The van der Waals surface area contributed by atoms with E-state index in [1.807, 2.05) is 6.07 Å². The van der Waals surface area contributed by atoms with Gasteiger partial charge in [0.15, 0.2) is 0 Å². The van der Waals surface area contributed by atoms with E-state index in [0.717, 1.165) is 24.2 Å². The third kappa shape index (κ3) is 3.91. The minimum atomic E-state index is 0.122. The van der Waals surface area contributed by atoms with Gasteiger partial charge in [0, 0.05) is 17.6 Å². The van der Waals surface area contributed by atoms with E-state index in [9.17, 15) is 5.11 Å². The van der Waals surface area contributed by atoms with Crippen LogP contribution < -0.4 is 10.1 Å². The van der Waals surface area contributed by atoms with Gasteiger partial charge < -0.3 is 15.2 Å². The van der Waals surface area contributed by atoms with E-state index in [2.05, 4.69) is 26.1 Å². The smallest absolute Gasteiger partial charge is 0.120 e. The van der Waals surface area contributed by atoms with Crippen molar-refractivity contribution in [1.82, 2.24) is 5.32 Å². The third-order valence-corrected chi connectivity index (χ3v) is 3.32. The lowest BCUT2D eigenvalue weighted by Gasteiger charge is -2.23. The van der Waals surface area contributed by atoms with Crippen LogP contribution in [0.15, 0.2) is 18.2 Å². The summed E-state index contributed by atoms with van der Waals surface area (Å²) in [7, 11) is 1.64. The van der Waals surface area contributed by atoms with E-state index in [1.165, 1.54) is 6.42 Å². The average molecular weight is 251 g/mol. The molecule has 0 aliphatic carbocycles. The van der Waals surface area contributed by atoms with Gasteiger partial charge in [0.2, 0.25) is 0 Å². The van der Waals surface area contributed by atoms with Crippen molar-refractivity contribution in [3.8, 4) is 11.5 Å². The van der Waals surface area contributed by atoms with E-state index >= 15 is 0 Å². The van der Waals surface area contributed by atoms with E-state index in [4.69, 9.17) is 4.74 Å². The van der Waals surface area contributed by atoms with Gasteiger partial charge in [0.25, 0.3) is 0 Å². The van der Waals surface area contributed by atoms with E-state index < -0.39 is 0 Å². The number of phenolic OH excluding ortho intramolecular Hbond substituents is 1. The first-order valence-electron chi connectivity index (χ1n) is 6.75. The molecular weight excluding hydrogens is 226 g/mol. The Morgan fingerprint density at radius 1 is 1.33 bits per heavy atom. The minimum absolute atomic E-state index is 0.122. The Kier molecular flexibility index (Phi) is 5.99. The summed E-state index contributed by atoms with van der Waals surface area (Å²) in [5.41, 5.74) is 0.893. The molecule has 2 atom stereocenters. The molecule has 0 aromatic heterocycles. The van der Waals surface area contributed by atoms with Crippen LogP contribution in [0.1, 0.15) is 51.6 Å². The molecule has 102 valence electrons. The van der Waals surface area contributed by atoms with Gasteiger partial charge in [0.05, 0.1) is 7.11 Å². The molecule has 0 radical (unpaired) electrons. The number of ether oxygens (including phenoxy) is 1. The number of hydrogen-bond acceptors (Lipinski definition) is 3. The van der Waals surface area contributed by atoms with Crippen molar-refractivity contribution in [2.75, 3.05) is 7.11 Å². The molecule has 0 bridgehead atoms. The maximum Gasteiger partial charge on any atom is 0.120 e. The van der Waals surface area contributed by atoms with Gasteiger partial charge in [-0.25, -0.2) is 0 Å². The van der Waals surface area contributed by atoms with Gasteiger partial charge in [-0.05, 0) is 38.0 Å². The number of benzene rings is 1. The summed E-state index contributed by atoms with van der Waals surface area (Å²) in [6, 6.07) is 5.97. The van der Waals surface area contributed by atoms with Crippen molar-refractivity contribution in [2.45, 2.75) is 52.1 Å². The summed E-state index contributed by atoms with van der Waals surface area (Å²) in [5.74, 6) is 1.10. The Labute approximate surface area is 110 Å². The molecule has 0 aliphatic rings. The molecule has 2 N–H and O–H groups in total. The molecule has 2 unspecified atom stereocenters. The fourth-order valence-corrected chi connectivity index (χ4v) is 2.20. The second-order valence-electron chi connectivity index (χ2n) is 4.71. The molecule has 0 fully saturated rings. The fraction of sp³-hybridized carbons (Fsp3) is 0.600. The predicted molar refractivity (Wildman–Crippen MR) is 75.2 cm³/mol. The summed E-state index contributed by atoms with van der Waals surface area (Å²) in [5, 5.41) is 13.5. The maximum absolute atomic E-state index is 9.92. The first-order valence-corrected chi connectivity index (χ1v) is 6.75. The first kappa shape index (κ1) is 14.8. The zero-order valence-electron chi connectivity index (χ0n) is 11.9. The number of hydrogen-bond donors (Lipinski definition) is 2. The van der Waals surface area contributed by atoms with Crippen LogP contribution in [0.3, 0.4) is 0 Å². The van der Waals surface area contributed by atoms with Crippen molar-refractivity contribution in [3.05, 3.63) is 23.8 Å². The van der Waals surface area contributed by atoms with Crippen molar-refractivity contribution < 1.29 is 9.84 Å². The zero-order valence-corrected chi connectivity index (χ0v) is 11.9. The summed E-state index contributed by atoms with van der Waals surface area (Å²) in [4.78, 5) is 0. The van der Waals surface area contributed by atoms with Crippen LogP contribution in [0.4, 0.5) is 0 Å². The molecule has 0 spiro atoms. The highest BCUT2D eigenvalue weighted by Gasteiger charge is 2.15. The number of nitrogens with one attached hydrogen (secondary N) is 1. The molecule has 18 heavy (non-hydrogen) atoms. The molecular formula is C15H25NO2. The Hall–Kier alpha value is -1.22. The Morgan fingerprint density at radius 2 is 2.06 bits per heavy atom. The second kappa shape index (κ2) is 7.27. The highest BCUT2D eigenvalue weighted by atomic mass is 16.5. The minimum Gasteiger partial charge on any atom is -0.508 e. The third-order valence-electron chi connectivity index (χ3n) is 3.32. The largest absolute Gasteiger partial charge is 0.508 e. The maximum atomic E-state index is 9.92. The highest BCUT2D eigenvalue weighted by Crippen LogP contribution is 2.28. The van der Waals surface area contributed by atoms with Gasteiger partial charge >= 0.3 is 0 Å². The zero-order chi connectivity index (χ0) is 13.5. The van der Waals surface area contributed by atoms with Gasteiger partial charge in [-0.1, -0.05) is 20.3 Å². The van der Waals surface area contributed by atoms with E-state index in [1.54, 1.807) is 19.2 Å². The van der Waals surface area contributed by atoms with Crippen LogP contribution in [-0.4, -0.2) is 18.3 Å². The van der Waals surface area contributed by atoms with Gasteiger partial charge in [-0.2, -0.15) is 0 Å². The van der Waals surface area contributed by atoms with Crippen molar-refractivity contribution in [2.24, 2.45) is 0 Å². The van der Waals surface area contributed by atoms with Crippen LogP contribution in [0.2, 0.25) is 0 Å². The van der Waals surface area contributed by atoms with Crippen LogP contribution in [0, 0.1) is 0 Å². The molecule has 0 saturated carbocycles. The predicted octanol–water partition coefficient (Wildman–Crippen LogP) is 3.63.